The topological polar surface area (TPSA) is 93.5 Å². The molecule has 7 nitrogen and oxygen atoms in total. The molecular formula is C22H25N3O4. The Morgan fingerprint density at radius 3 is 2.90 bits per heavy atom. The Morgan fingerprint density at radius 1 is 1.34 bits per heavy atom. The van der Waals surface area contributed by atoms with Crippen molar-refractivity contribution in [2.75, 3.05) is 6.61 Å². The molecule has 152 valence electrons. The predicted molar refractivity (Wildman–Crippen MR) is 109 cm³/mol. The third kappa shape index (κ3) is 3.58. The van der Waals surface area contributed by atoms with Gasteiger partial charge < -0.3 is 15.2 Å². The molecular weight excluding hydrogens is 370 g/mol. The number of hydrogen-bond donors (Lipinski definition) is 2. The first-order valence-electron chi connectivity index (χ1n) is 9.92. The number of allylic oxidation sites excluding steroid dienone is 2. The zero-order chi connectivity index (χ0) is 20.6. The quantitative estimate of drug-likeness (QED) is 0.830. The summed E-state index contributed by atoms with van der Waals surface area (Å²) >= 11 is 0. The van der Waals surface area contributed by atoms with Crippen molar-refractivity contribution in [3.8, 4) is 5.75 Å². The van der Waals surface area contributed by atoms with Gasteiger partial charge in [0.25, 0.3) is 11.5 Å². The third-order valence-corrected chi connectivity index (χ3v) is 5.52. The van der Waals surface area contributed by atoms with Crippen LogP contribution in [0.1, 0.15) is 60.5 Å². The van der Waals surface area contributed by atoms with Crippen LogP contribution in [0, 0.1) is 0 Å². The van der Waals surface area contributed by atoms with Crippen LogP contribution in [0.5, 0.6) is 5.75 Å². The Hall–Kier alpha value is -2.93. The minimum atomic E-state index is -0.818. The molecule has 1 amide bonds. The maximum Gasteiger partial charge on any atom is 0.296 e. The third-order valence-electron chi connectivity index (χ3n) is 5.52. The molecule has 29 heavy (non-hydrogen) atoms. The summed E-state index contributed by atoms with van der Waals surface area (Å²) in [5.41, 5.74) is 1.71. The zero-order valence-electron chi connectivity index (χ0n) is 16.7. The molecule has 0 unspecified atom stereocenters. The lowest BCUT2D eigenvalue weighted by atomic mass is 9.99. The maximum absolute atomic E-state index is 12.8. The van der Waals surface area contributed by atoms with E-state index in [-0.39, 0.29) is 12.2 Å². The second kappa shape index (κ2) is 7.48. The largest absolute Gasteiger partial charge is 0.501 e. The van der Waals surface area contributed by atoms with Gasteiger partial charge in [0.2, 0.25) is 5.75 Å². The van der Waals surface area contributed by atoms with Gasteiger partial charge in [-0.3, -0.25) is 14.2 Å². The summed E-state index contributed by atoms with van der Waals surface area (Å²) in [6, 6.07) is 7.95. The molecule has 2 N–H and O–H groups in total. The highest BCUT2D eigenvalue weighted by Crippen LogP contribution is 2.30. The second-order valence-corrected chi connectivity index (χ2v) is 7.91. The summed E-state index contributed by atoms with van der Waals surface area (Å²) in [5.74, 6) is -0.872. The molecule has 0 saturated carbocycles. The number of aromatic nitrogens is 2. The second-order valence-electron chi connectivity index (χ2n) is 7.91. The van der Waals surface area contributed by atoms with Gasteiger partial charge in [-0.25, -0.2) is 4.98 Å². The van der Waals surface area contributed by atoms with Gasteiger partial charge in [-0.05, 0) is 49.8 Å². The smallest absolute Gasteiger partial charge is 0.296 e. The fraction of sp³-hybridized carbons (Fsp3) is 0.409. The highest BCUT2D eigenvalue weighted by molar-refractivity contribution is 5.94. The molecule has 0 radical (unpaired) electrons. The van der Waals surface area contributed by atoms with Crippen molar-refractivity contribution in [2.45, 2.75) is 51.8 Å². The summed E-state index contributed by atoms with van der Waals surface area (Å²) in [5, 5.41) is 13.1. The van der Waals surface area contributed by atoms with Crippen LogP contribution < -0.4 is 10.9 Å². The normalized spacial score (nSPS) is 17.5. The van der Waals surface area contributed by atoms with E-state index in [0.717, 1.165) is 30.4 Å². The van der Waals surface area contributed by atoms with Gasteiger partial charge >= 0.3 is 0 Å². The van der Waals surface area contributed by atoms with E-state index in [4.69, 9.17) is 4.74 Å². The van der Waals surface area contributed by atoms with Crippen LogP contribution in [-0.2, 0) is 23.4 Å². The van der Waals surface area contributed by atoms with Crippen LogP contribution in [0.3, 0.4) is 0 Å². The van der Waals surface area contributed by atoms with Crippen molar-refractivity contribution in [1.82, 2.24) is 14.9 Å². The number of carbonyl (C=O) groups excluding carboxylic acids is 1. The Kier molecular flexibility index (Phi) is 5.00. The lowest BCUT2D eigenvalue weighted by Gasteiger charge is -2.32. The number of ether oxygens (including phenoxy) is 1. The van der Waals surface area contributed by atoms with Gasteiger partial charge in [-0.15, -0.1) is 0 Å². The summed E-state index contributed by atoms with van der Waals surface area (Å²) in [6.07, 6.45) is 5.49. The summed E-state index contributed by atoms with van der Waals surface area (Å²) < 4.78 is 7.05. The molecule has 0 saturated heterocycles. The molecule has 1 aromatic carbocycles. The number of benzene rings is 1. The van der Waals surface area contributed by atoms with Gasteiger partial charge in [0.1, 0.15) is 11.4 Å². The number of nitrogens with one attached hydrogen (secondary N) is 1. The number of hydrogen-bond acceptors (Lipinski definition) is 5. The van der Waals surface area contributed by atoms with E-state index in [1.54, 1.807) is 13.8 Å². The van der Waals surface area contributed by atoms with Gasteiger partial charge in [-0.2, -0.15) is 0 Å². The predicted octanol–water partition coefficient (Wildman–Crippen LogP) is 2.71. The van der Waals surface area contributed by atoms with Crippen molar-refractivity contribution in [1.29, 1.82) is 0 Å². The molecule has 0 spiro atoms. The fourth-order valence-electron chi connectivity index (χ4n) is 3.99. The average Bonchev–Trinajstić information content (AvgIpc) is 3.24. The number of nitrogens with zero attached hydrogens (tertiary/aromatic N) is 2. The Labute approximate surface area is 169 Å². The van der Waals surface area contributed by atoms with Gasteiger partial charge in [-0.1, -0.05) is 30.3 Å². The fourth-order valence-corrected chi connectivity index (χ4v) is 3.99. The van der Waals surface area contributed by atoms with E-state index in [0.29, 0.717) is 19.0 Å². The SMILES string of the molecule is CC1(C)OCCn2c1nc(C(=O)NCc1ccccc1C1=CCCC1)c(O)c2=O. The molecule has 4 rings (SSSR count). The van der Waals surface area contributed by atoms with Crippen LogP contribution in [-0.4, -0.2) is 27.2 Å². The molecule has 2 aromatic rings. The van der Waals surface area contributed by atoms with E-state index in [1.807, 2.05) is 18.2 Å². The van der Waals surface area contributed by atoms with E-state index in [2.05, 4.69) is 22.4 Å². The van der Waals surface area contributed by atoms with Crippen molar-refractivity contribution >= 4 is 11.5 Å². The first kappa shape index (κ1) is 19.4. The van der Waals surface area contributed by atoms with Crippen molar-refractivity contribution < 1.29 is 14.6 Å². The molecule has 0 bridgehead atoms. The monoisotopic (exact) mass is 395 g/mol. The van der Waals surface area contributed by atoms with Crippen LogP contribution in [0.4, 0.5) is 0 Å². The molecule has 7 heteroatoms. The van der Waals surface area contributed by atoms with E-state index >= 15 is 0 Å². The van der Waals surface area contributed by atoms with Crippen LogP contribution in [0.15, 0.2) is 35.1 Å². The van der Waals surface area contributed by atoms with Crippen molar-refractivity contribution in [3.63, 3.8) is 0 Å². The zero-order valence-corrected chi connectivity index (χ0v) is 16.7. The first-order valence-corrected chi connectivity index (χ1v) is 9.92. The summed E-state index contributed by atoms with van der Waals surface area (Å²) in [7, 11) is 0. The average molecular weight is 395 g/mol. The molecule has 0 fully saturated rings. The van der Waals surface area contributed by atoms with Crippen molar-refractivity contribution in [2.24, 2.45) is 0 Å². The maximum atomic E-state index is 12.8. The Morgan fingerprint density at radius 2 is 2.14 bits per heavy atom. The lowest BCUT2D eigenvalue weighted by molar-refractivity contribution is -0.0566. The molecule has 1 aromatic heterocycles. The highest BCUT2D eigenvalue weighted by atomic mass is 16.5. The molecule has 2 heterocycles. The number of aromatic hydroxyl groups is 1. The Balaban J connectivity index is 1.61. The van der Waals surface area contributed by atoms with E-state index in [1.165, 1.54) is 10.1 Å². The lowest BCUT2D eigenvalue weighted by Crippen LogP contribution is -2.42. The minimum absolute atomic E-state index is 0.266. The summed E-state index contributed by atoms with van der Waals surface area (Å²) in [4.78, 5) is 29.6. The number of rotatable bonds is 4. The van der Waals surface area contributed by atoms with E-state index < -0.39 is 22.8 Å². The van der Waals surface area contributed by atoms with Gasteiger partial charge in [0.15, 0.2) is 5.69 Å². The number of carbonyl (C=O) groups is 1. The molecule has 1 aliphatic heterocycles. The highest BCUT2D eigenvalue weighted by Gasteiger charge is 2.34. The number of fused-ring (bicyclic) bond motifs is 1. The Bertz CT molecular complexity index is 1050. The first-order chi connectivity index (χ1) is 13.9. The van der Waals surface area contributed by atoms with Gasteiger partial charge in [0, 0.05) is 6.54 Å². The van der Waals surface area contributed by atoms with E-state index in [9.17, 15) is 14.7 Å². The molecule has 1 aliphatic carbocycles. The molecule has 2 aliphatic rings. The van der Waals surface area contributed by atoms with Crippen LogP contribution in [0.25, 0.3) is 5.57 Å². The molecule has 0 atom stereocenters. The minimum Gasteiger partial charge on any atom is -0.501 e. The standard InChI is InChI=1S/C22H25N3O4/c1-22(2)21-24-17(18(26)20(28)25(21)11-12-29-22)19(27)23-13-15-9-5-6-10-16(15)14-7-3-4-8-14/h5-7,9-10,26H,3-4,8,11-13H2,1-2H3,(H,23,27). The summed E-state index contributed by atoms with van der Waals surface area (Å²) in [6.45, 7) is 4.50. The number of amides is 1. The van der Waals surface area contributed by atoms with Crippen LogP contribution >= 0.6 is 0 Å². The van der Waals surface area contributed by atoms with Crippen LogP contribution in [0.2, 0.25) is 0 Å². The van der Waals surface area contributed by atoms with Crippen molar-refractivity contribution in [3.05, 3.63) is 63.3 Å². The van der Waals surface area contributed by atoms with Gasteiger partial charge in [0.05, 0.1) is 13.2 Å².